The van der Waals surface area contributed by atoms with Crippen molar-refractivity contribution in [1.29, 1.82) is 0 Å². The van der Waals surface area contributed by atoms with E-state index in [4.69, 9.17) is 9.47 Å². The summed E-state index contributed by atoms with van der Waals surface area (Å²) in [5.74, 6) is 0.819. The van der Waals surface area contributed by atoms with Crippen LogP contribution in [0.25, 0.3) is 0 Å². The summed E-state index contributed by atoms with van der Waals surface area (Å²) in [4.78, 5) is 0. The zero-order valence-electron chi connectivity index (χ0n) is 12.4. The molecule has 3 heteroatoms. The molecule has 0 amide bonds. The highest BCUT2D eigenvalue weighted by molar-refractivity contribution is 4.81. The first-order valence-corrected chi connectivity index (χ1v) is 7.74. The van der Waals surface area contributed by atoms with Crippen LogP contribution in [0.2, 0.25) is 0 Å². The first-order valence-electron chi connectivity index (χ1n) is 7.74. The highest BCUT2D eigenvalue weighted by Gasteiger charge is 2.26. The van der Waals surface area contributed by atoms with Crippen LogP contribution in [0, 0.1) is 5.92 Å². The van der Waals surface area contributed by atoms with Crippen molar-refractivity contribution in [2.75, 3.05) is 26.4 Å². The average Bonchev–Trinajstić information content (AvgIpc) is 2.43. The van der Waals surface area contributed by atoms with Gasteiger partial charge in [-0.3, -0.25) is 0 Å². The van der Waals surface area contributed by atoms with Gasteiger partial charge < -0.3 is 14.8 Å². The lowest BCUT2D eigenvalue weighted by atomic mass is 9.90. The van der Waals surface area contributed by atoms with Crippen molar-refractivity contribution in [2.24, 2.45) is 5.92 Å². The topological polar surface area (TPSA) is 30.5 Å². The van der Waals surface area contributed by atoms with E-state index < -0.39 is 0 Å². The summed E-state index contributed by atoms with van der Waals surface area (Å²) >= 11 is 0. The van der Waals surface area contributed by atoms with Crippen LogP contribution in [-0.2, 0) is 9.47 Å². The highest BCUT2D eigenvalue weighted by Crippen LogP contribution is 2.21. The number of nitrogens with one attached hydrogen (secondary N) is 1. The average molecular weight is 257 g/mol. The van der Waals surface area contributed by atoms with Gasteiger partial charge in [-0.05, 0) is 18.9 Å². The zero-order chi connectivity index (χ0) is 13.2. The summed E-state index contributed by atoms with van der Waals surface area (Å²) < 4.78 is 11.4. The van der Waals surface area contributed by atoms with Crippen molar-refractivity contribution >= 4 is 0 Å². The van der Waals surface area contributed by atoms with Crippen molar-refractivity contribution in [3.63, 3.8) is 0 Å². The summed E-state index contributed by atoms with van der Waals surface area (Å²) in [6, 6.07) is 0.456. The molecule has 0 saturated carbocycles. The number of ether oxygens (including phenoxy) is 2. The number of unbranched alkanes of at least 4 members (excludes halogenated alkanes) is 1. The van der Waals surface area contributed by atoms with Crippen LogP contribution in [0.1, 0.15) is 52.9 Å². The minimum Gasteiger partial charge on any atom is -0.376 e. The summed E-state index contributed by atoms with van der Waals surface area (Å²) in [5.41, 5.74) is 0. The van der Waals surface area contributed by atoms with E-state index in [1.54, 1.807) is 0 Å². The fourth-order valence-electron chi connectivity index (χ4n) is 2.71. The monoisotopic (exact) mass is 257 g/mol. The molecule has 1 saturated heterocycles. The number of hydrogen-bond acceptors (Lipinski definition) is 3. The maximum Gasteiger partial charge on any atom is 0.0962 e. The Labute approximate surface area is 113 Å². The first kappa shape index (κ1) is 15.9. The lowest BCUT2D eigenvalue weighted by Crippen LogP contribution is -2.47. The fraction of sp³-hybridized carbons (Fsp3) is 1.00. The summed E-state index contributed by atoms with van der Waals surface area (Å²) in [6.07, 6.45) is 6.73. The van der Waals surface area contributed by atoms with Gasteiger partial charge in [0.15, 0.2) is 0 Å². The zero-order valence-corrected chi connectivity index (χ0v) is 12.4. The molecule has 0 aromatic heterocycles. The normalized spacial score (nSPS) is 23.8. The van der Waals surface area contributed by atoms with Crippen molar-refractivity contribution < 1.29 is 9.47 Å². The van der Waals surface area contributed by atoms with E-state index in [-0.39, 0.29) is 6.10 Å². The lowest BCUT2D eigenvalue weighted by molar-refractivity contribution is -0.104. The summed E-state index contributed by atoms with van der Waals surface area (Å²) in [5, 5.41) is 3.59. The Kier molecular flexibility index (Phi) is 8.64. The standard InChI is InChI=1S/C15H31NO2/c1-4-7-8-13(5-2)11-14(16-6-3)15-12-17-9-10-18-15/h13-16H,4-12H2,1-3H3. The van der Waals surface area contributed by atoms with Gasteiger partial charge in [0, 0.05) is 6.04 Å². The van der Waals surface area contributed by atoms with Gasteiger partial charge in [0.05, 0.1) is 25.9 Å². The summed E-state index contributed by atoms with van der Waals surface area (Å²) in [7, 11) is 0. The molecule has 3 nitrogen and oxygen atoms in total. The van der Waals surface area contributed by atoms with Gasteiger partial charge in [0.2, 0.25) is 0 Å². The van der Waals surface area contributed by atoms with E-state index >= 15 is 0 Å². The Morgan fingerprint density at radius 1 is 1.22 bits per heavy atom. The molecule has 3 unspecified atom stereocenters. The molecule has 1 rings (SSSR count). The molecule has 1 heterocycles. The molecule has 1 N–H and O–H groups in total. The van der Waals surface area contributed by atoms with Crippen LogP contribution in [0.4, 0.5) is 0 Å². The molecule has 18 heavy (non-hydrogen) atoms. The van der Waals surface area contributed by atoms with E-state index in [1.807, 2.05) is 0 Å². The van der Waals surface area contributed by atoms with Gasteiger partial charge in [0.1, 0.15) is 0 Å². The Bertz CT molecular complexity index is 193. The van der Waals surface area contributed by atoms with Crippen LogP contribution in [0.3, 0.4) is 0 Å². The number of rotatable bonds is 9. The van der Waals surface area contributed by atoms with E-state index in [1.165, 1.54) is 32.1 Å². The summed E-state index contributed by atoms with van der Waals surface area (Å²) in [6.45, 7) is 10.0. The Morgan fingerprint density at radius 2 is 2.06 bits per heavy atom. The number of hydrogen-bond donors (Lipinski definition) is 1. The van der Waals surface area contributed by atoms with E-state index in [0.29, 0.717) is 6.04 Å². The van der Waals surface area contributed by atoms with Gasteiger partial charge in [0.25, 0.3) is 0 Å². The molecular formula is C15H31NO2. The van der Waals surface area contributed by atoms with E-state index in [2.05, 4.69) is 26.1 Å². The van der Waals surface area contributed by atoms with Gasteiger partial charge in [-0.2, -0.15) is 0 Å². The third kappa shape index (κ3) is 5.68. The number of likely N-dealkylation sites (N-methyl/N-ethyl adjacent to an activating group) is 1. The molecule has 1 aliphatic heterocycles. The third-order valence-corrected chi connectivity index (χ3v) is 3.89. The molecule has 1 fully saturated rings. The van der Waals surface area contributed by atoms with Crippen molar-refractivity contribution in [1.82, 2.24) is 5.32 Å². The second kappa shape index (κ2) is 9.76. The molecule has 0 aliphatic carbocycles. The minimum atomic E-state index is 0.245. The quantitative estimate of drug-likeness (QED) is 0.689. The highest BCUT2D eigenvalue weighted by atomic mass is 16.6. The maximum atomic E-state index is 5.85. The molecular weight excluding hydrogens is 226 g/mol. The molecule has 0 radical (unpaired) electrons. The Balaban J connectivity index is 2.43. The second-order valence-electron chi connectivity index (χ2n) is 5.30. The molecule has 108 valence electrons. The second-order valence-corrected chi connectivity index (χ2v) is 5.30. The van der Waals surface area contributed by atoms with Crippen molar-refractivity contribution in [2.45, 2.75) is 65.0 Å². The lowest BCUT2D eigenvalue weighted by Gasteiger charge is -2.33. The predicted molar refractivity (Wildman–Crippen MR) is 75.9 cm³/mol. The maximum absolute atomic E-state index is 5.85. The van der Waals surface area contributed by atoms with Crippen LogP contribution < -0.4 is 5.32 Å². The fourth-order valence-corrected chi connectivity index (χ4v) is 2.71. The van der Waals surface area contributed by atoms with Gasteiger partial charge in [-0.15, -0.1) is 0 Å². The first-order chi connectivity index (χ1) is 8.81. The Morgan fingerprint density at radius 3 is 2.61 bits per heavy atom. The van der Waals surface area contributed by atoms with Gasteiger partial charge >= 0.3 is 0 Å². The van der Waals surface area contributed by atoms with Crippen LogP contribution in [0.5, 0.6) is 0 Å². The molecule has 0 spiro atoms. The predicted octanol–water partition coefficient (Wildman–Crippen LogP) is 2.99. The van der Waals surface area contributed by atoms with Crippen molar-refractivity contribution in [3.8, 4) is 0 Å². The van der Waals surface area contributed by atoms with Crippen LogP contribution in [-0.4, -0.2) is 38.5 Å². The Hall–Kier alpha value is -0.120. The molecule has 0 bridgehead atoms. The minimum absolute atomic E-state index is 0.245. The van der Waals surface area contributed by atoms with Crippen LogP contribution >= 0.6 is 0 Å². The van der Waals surface area contributed by atoms with E-state index in [0.717, 1.165) is 32.3 Å². The van der Waals surface area contributed by atoms with Gasteiger partial charge in [-0.25, -0.2) is 0 Å². The molecule has 1 aliphatic rings. The molecule has 0 aromatic carbocycles. The molecule has 3 atom stereocenters. The largest absolute Gasteiger partial charge is 0.376 e. The SMILES string of the molecule is CCCCC(CC)CC(NCC)C1COCCO1. The molecule has 0 aromatic rings. The van der Waals surface area contributed by atoms with Crippen LogP contribution in [0.15, 0.2) is 0 Å². The van der Waals surface area contributed by atoms with E-state index in [9.17, 15) is 0 Å². The third-order valence-electron chi connectivity index (χ3n) is 3.89. The van der Waals surface area contributed by atoms with Crippen molar-refractivity contribution in [3.05, 3.63) is 0 Å². The smallest absolute Gasteiger partial charge is 0.0962 e. The van der Waals surface area contributed by atoms with Gasteiger partial charge in [-0.1, -0.05) is 46.5 Å².